The second kappa shape index (κ2) is 11.6. The first-order valence-electron chi connectivity index (χ1n) is 10.5. The van der Waals surface area contributed by atoms with Gasteiger partial charge in [-0.1, -0.05) is 11.6 Å². The Balaban J connectivity index is 1.73. The van der Waals surface area contributed by atoms with Crippen molar-refractivity contribution < 1.29 is 28.5 Å². The van der Waals surface area contributed by atoms with Gasteiger partial charge < -0.3 is 29.2 Å². The molecule has 1 N–H and O–H groups in total. The van der Waals surface area contributed by atoms with Crippen molar-refractivity contribution in [2.45, 2.75) is 13.8 Å². The quantitative estimate of drug-likeness (QED) is 0.567. The molecule has 1 fully saturated rings. The van der Waals surface area contributed by atoms with Crippen LogP contribution in [0.2, 0.25) is 5.02 Å². The predicted octanol–water partition coefficient (Wildman–Crippen LogP) is 3.77. The number of nitrogens with zero attached hydrogens (tertiary/aromatic N) is 1. The van der Waals surface area contributed by atoms with Gasteiger partial charge in [0, 0.05) is 30.2 Å². The molecule has 2 aromatic carbocycles. The number of carbonyl (C=O) groups excluding carboxylic acids is 2. The highest BCUT2D eigenvalue weighted by atomic mass is 35.5. The van der Waals surface area contributed by atoms with Crippen LogP contribution in [-0.4, -0.2) is 58.0 Å². The number of hydrogen-bond donors (Lipinski definition) is 1. The van der Waals surface area contributed by atoms with E-state index in [4.69, 9.17) is 30.5 Å². The number of morpholine rings is 1. The van der Waals surface area contributed by atoms with E-state index in [0.717, 1.165) is 18.8 Å². The van der Waals surface area contributed by atoms with E-state index in [0.29, 0.717) is 54.2 Å². The Kier molecular flexibility index (Phi) is 8.58. The van der Waals surface area contributed by atoms with Crippen LogP contribution in [-0.2, 0) is 14.3 Å². The summed E-state index contributed by atoms with van der Waals surface area (Å²) in [6.45, 7) is 6.94. The summed E-state index contributed by atoms with van der Waals surface area (Å²) < 4.78 is 22.1. The van der Waals surface area contributed by atoms with Gasteiger partial charge in [-0.3, -0.25) is 4.79 Å². The minimum Gasteiger partial charge on any atom is -0.492 e. The number of rotatable bonds is 9. The largest absolute Gasteiger partial charge is 0.492 e. The van der Waals surface area contributed by atoms with Gasteiger partial charge in [0.05, 0.1) is 43.4 Å². The second-order valence-electron chi connectivity index (χ2n) is 6.91. The van der Waals surface area contributed by atoms with E-state index in [1.165, 1.54) is 12.1 Å². The van der Waals surface area contributed by atoms with Crippen LogP contribution in [0.25, 0.3) is 0 Å². The molecule has 0 atom stereocenters. The summed E-state index contributed by atoms with van der Waals surface area (Å²) in [7, 11) is 0. The van der Waals surface area contributed by atoms with Gasteiger partial charge in [0.25, 0.3) is 5.91 Å². The molecule has 8 nitrogen and oxygen atoms in total. The van der Waals surface area contributed by atoms with Gasteiger partial charge in [0.2, 0.25) is 0 Å². The summed E-state index contributed by atoms with van der Waals surface area (Å²) in [4.78, 5) is 26.8. The van der Waals surface area contributed by atoms with Crippen molar-refractivity contribution in [3.8, 4) is 11.5 Å². The molecule has 1 aliphatic heterocycles. The summed E-state index contributed by atoms with van der Waals surface area (Å²) in [5, 5.41) is 3.26. The number of esters is 1. The van der Waals surface area contributed by atoms with Crippen molar-refractivity contribution in [3.05, 3.63) is 47.0 Å². The predicted molar refractivity (Wildman–Crippen MR) is 122 cm³/mol. The molecule has 0 spiro atoms. The Morgan fingerprint density at radius 1 is 1.03 bits per heavy atom. The first-order chi connectivity index (χ1) is 15.5. The lowest BCUT2D eigenvalue weighted by atomic mass is 10.2. The van der Waals surface area contributed by atoms with E-state index >= 15 is 0 Å². The van der Waals surface area contributed by atoms with Crippen LogP contribution < -0.4 is 19.7 Å². The van der Waals surface area contributed by atoms with Crippen LogP contribution in [0.3, 0.4) is 0 Å². The van der Waals surface area contributed by atoms with Crippen LogP contribution in [0, 0.1) is 0 Å². The number of carbonyl (C=O) groups is 2. The molecule has 32 heavy (non-hydrogen) atoms. The van der Waals surface area contributed by atoms with Crippen molar-refractivity contribution in [3.63, 3.8) is 0 Å². The zero-order valence-electron chi connectivity index (χ0n) is 18.2. The number of anilines is 2. The topological polar surface area (TPSA) is 86.3 Å². The standard InChI is InChI=1S/C23H27ClN2O6/c1-3-30-20-14-19(26-9-11-29-12-10-26)21(31-4-2)13-18(20)25-22(27)15-32-23(28)16-5-7-17(24)8-6-16/h5-8,13-14H,3-4,9-12,15H2,1-2H3,(H,25,27). The smallest absolute Gasteiger partial charge is 0.338 e. The maximum absolute atomic E-state index is 12.5. The highest BCUT2D eigenvalue weighted by Crippen LogP contribution is 2.39. The van der Waals surface area contributed by atoms with Crippen molar-refractivity contribution in [2.75, 3.05) is 56.3 Å². The Morgan fingerprint density at radius 2 is 1.69 bits per heavy atom. The van der Waals surface area contributed by atoms with Crippen LogP contribution in [0.5, 0.6) is 11.5 Å². The lowest BCUT2D eigenvalue weighted by Gasteiger charge is -2.31. The van der Waals surface area contributed by atoms with Gasteiger partial charge >= 0.3 is 5.97 Å². The molecule has 1 heterocycles. The Bertz CT molecular complexity index is 929. The van der Waals surface area contributed by atoms with E-state index in [1.54, 1.807) is 18.2 Å². The minimum atomic E-state index is -0.612. The van der Waals surface area contributed by atoms with Gasteiger partial charge in [-0.05, 0) is 38.1 Å². The summed E-state index contributed by atoms with van der Waals surface area (Å²) >= 11 is 5.82. The molecular weight excluding hydrogens is 436 g/mol. The van der Waals surface area contributed by atoms with E-state index in [2.05, 4.69) is 10.2 Å². The molecule has 2 aromatic rings. The van der Waals surface area contributed by atoms with Gasteiger partial charge in [0.1, 0.15) is 11.5 Å². The van der Waals surface area contributed by atoms with Crippen LogP contribution in [0.1, 0.15) is 24.2 Å². The zero-order valence-corrected chi connectivity index (χ0v) is 18.9. The molecule has 0 saturated carbocycles. The monoisotopic (exact) mass is 462 g/mol. The maximum Gasteiger partial charge on any atom is 0.338 e. The number of halogens is 1. The lowest BCUT2D eigenvalue weighted by molar-refractivity contribution is -0.119. The highest BCUT2D eigenvalue weighted by molar-refractivity contribution is 6.30. The Hall–Kier alpha value is -2.97. The normalized spacial score (nSPS) is 13.4. The van der Waals surface area contributed by atoms with E-state index in [1.807, 2.05) is 19.9 Å². The highest BCUT2D eigenvalue weighted by Gasteiger charge is 2.21. The fourth-order valence-corrected chi connectivity index (χ4v) is 3.36. The third-order valence-electron chi connectivity index (χ3n) is 4.70. The van der Waals surface area contributed by atoms with Gasteiger partial charge in [-0.25, -0.2) is 4.79 Å². The third-order valence-corrected chi connectivity index (χ3v) is 4.95. The van der Waals surface area contributed by atoms with Crippen LogP contribution in [0.15, 0.2) is 36.4 Å². The molecule has 3 rings (SSSR count). The first kappa shape index (κ1) is 23.7. The Morgan fingerprint density at radius 3 is 2.34 bits per heavy atom. The SMILES string of the molecule is CCOc1cc(N2CCOCC2)c(OCC)cc1NC(=O)COC(=O)c1ccc(Cl)cc1. The average molecular weight is 463 g/mol. The van der Waals surface area contributed by atoms with Gasteiger partial charge in [0.15, 0.2) is 6.61 Å². The third kappa shape index (κ3) is 6.27. The molecule has 0 aliphatic carbocycles. The van der Waals surface area contributed by atoms with Crippen LogP contribution in [0.4, 0.5) is 11.4 Å². The minimum absolute atomic E-state index is 0.311. The molecule has 0 bridgehead atoms. The van der Waals surface area contributed by atoms with Gasteiger partial charge in [-0.2, -0.15) is 0 Å². The molecule has 0 aromatic heterocycles. The number of nitrogens with one attached hydrogen (secondary N) is 1. The summed E-state index contributed by atoms with van der Waals surface area (Å²) in [6.07, 6.45) is 0. The van der Waals surface area contributed by atoms with Crippen LogP contribution >= 0.6 is 11.6 Å². The van der Waals surface area contributed by atoms with E-state index < -0.39 is 18.5 Å². The van der Waals surface area contributed by atoms with Crippen molar-refractivity contribution in [2.24, 2.45) is 0 Å². The number of benzene rings is 2. The molecular formula is C23H27ClN2O6. The number of hydrogen-bond acceptors (Lipinski definition) is 7. The van der Waals surface area contributed by atoms with Gasteiger partial charge in [-0.15, -0.1) is 0 Å². The lowest BCUT2D eigenvalue weighted by Crippen LogP contribution is -2.36. The molecule has 1 aliphatic rings. The van der Waals surface area contributed by atoms with E-state index in [-0.39, 0.29) is 0 Å². The summed E-state index contributed by atoms with van der Waals surface area (Å²) in [5.41, 5.74) is 1.64. The molecule has 1 amide bonds. The van der Waals surface area contributed by atoms with Crippen molar-refractivity contribution in [1.82, 2.24) is 0 Å². The molecule has 9 heteroatoms. The fourth-order valence-electron chi connectivity index (χ4n) is 3.23. The number of amides is 1. The number of ether oxygens (including phenoxy) is 4. The second-order valence-corrected chi connectivity index (χ2v) is 7.35. The first-order valence-corrected chi connectivity index (χ1v) is 10.9. The van der Waals surface area contributed by atoms with E-state index in [9.17, 15) is 9.59 Å². The average Bonchev–Trinajstić information content (AvgIpc) is 2.80. The zero-order chi connectivity index (χ0) is 22.9. The Labute approximate surface area is 192 Å². The van der Waals surface area contributed by atoms with Crippen molar-refractivity contribution >= 4 is 34.9 Å². The molecule has 1 saturated heterocycles. The fraction of sp³-hybridized carbons (Fsp3) is 0.391. The molecule has 0 unspecified atom stereocenters. The van der Waals surface area contributed by atoms with Crippen molar-refractivity contribution in [1.29, 1.82) is 0 Å². The summed E-state index contributed by atoms with van der Waals surface area (Å²) in [6, 6.07) is 9.83. The molecule has 172 valence electrons. The maximum atomic E-state index is 12.5. The summed E-state index contributed by atoms with van der Waals surface area (Å²) in [5.74, 6) is 0.0375. The molecule has 0 radical (unpaired) electrons.